The summed E-state index contributed by atoms with van der Waals surface area (Å²) in [5, 5.41) is 23.4. The quantitative estimate of drug-likeness (QED) is 0.0320. The van der Waals surface area contributed by atoms with Crippen molar-refractivity contribution in [1.82, 2.24) is 5.32 Å². The molecule has 0 spiro atoms. The van der Waals surface area contributed by atoms with Crippen LogP contribution in [0.15, 0.2) is 24.3 Å². The lowest BCUT2D eigenvalue weighted by atomic mass is 10.0. The van der Waals surface area contributed by atoms with Crippen LogP contribution in [0.4, 0.5) is 0 Å². The topological polar surface area (TPSA) is 95.9 Å². The number of hydrogen-bond acceptors (Lipinski definition) is 5. The second-order valence-corrected chi connectivity index (χ2v) is 25.6. The summed E-state index contributed by atoms with van der Waals surface area (Å²) in [5.41, 5.74) is 0. The summed E-state index contributed by atoms with van der Waals surface area (Å²) in [6, 6.07) is -0.541. The van der Waals surface area contributed by atoms with Gasteiger partial charge in [-0.1, -0.05) is 372 Å². The lowest BCUT2D eigenvalue weighted by Crippen LogP contribution is -2.45. The molecule has 6 heteroatoms. The van der Waals surface area contributed by atoms with Crippen LogP contribution >= 0.6 is 0 Å². The van der Waals surface area contributed by atoms with Crippen LogP contribution in [0.5, 0.6) is 0 Å². The molecule has 0 radical (unpaired) electrons. The van der Waals surface area contributed by atoms with Crippen molar-refractivity contribution in [2.45, 2.75) is 431 Å². The maximum absolute atomic E-state index is 12.5. The van der Waals surface area contributed by atoms with Crippen LogP contribution in [0.2, 0.25) is 0 Å². The molecular formula is C75H145NO5. The molecule has 0 rings (SSSR count). The molecule has 0 aromatic carbocycles. The van der Waals surface area contributed by atoms with Crippen molar-refractivity contribution in [3.63, 3.8) is 0 Å². The SMILES string of the molecule is CCCCCCCCCCCCCCCCCCCCC(O)C(CO)NC(=O)CCCCCCCCCCCCCCCCC/C=C\C/C=C\CCCCCCCCCCCOC(=O)CCCCCCCCCCCCCCCCC. The van der Waals surface area contributed by atoms with Crippen molar-refractivity contribution < 1.29 is 24.5 Å². The van der Waals surface area contributed by atoms with Gasteiger partial charge in [-0.15, -0.1) is 0 Å². The van der Waals surface area contributed by atoms with Crippen LogP contribution in [-0.4, -0.2) is 47.4 Å². The summed E-state index contributed by atoms with van der Waals surface area (Å²) in [7, 11) is 0. The van der Waals surface area contributed by atoms with E-state index in [9.17, 15) is 19.8 Å². The lowest BCUT2D eigenvalue weighted by molar-refractivity contribution is -0.143. The zero-order valence-electron chi connectivity index (χ0n) is 55.0. The molecule has 0 fully saturated rings. The van der Waals surface area contributed by atoms with Gasteiger partial charge in [-0.3, -0.25) is 9.59 Å². The number of aliphatic hydroxyl groups excluding tert-OH is 2. The van der Waals surface area contributed by atoms with Gasteiger partial charge < -0.3 is 20.3 Å². The third kappa shape index (κ3) is 67.3. The van der Waals surface area contributed by atoms with Gasteiger partial charge in [0.25, 0.3) is 0 Å². The molecule has 3 N–H and O–H groups in total. The summed E-state index contributed by atoms with van der Waals surface area (Å²) in [6.45, 7) is 5.00. The van der Waals surface area contributed by atoms with Gasteiger partial charge >= 0.3 is 5.97 Å². The molecule has 2 unspecified atom stereocenters. The summed E-state index contributed by atoms with van der Waals surface area (Å²) >= 11 is 0. The third-order valence-corrected chi connectivity index (χ3v) is 17.5. The molecule has 0 aliphatic carbocycles. The van der Waals surface area contributed by atoms with E-state index in [4.69, 9.17) is 4.74 Å². The Kier molecular flexibility index (Phi) is 69.4. The van der Waals surface area contributed by atoms with Crippen LogP contribution in [-0.2, 0) is 14.3 Å². The predicted molar refractivity (Wildman–Crippen MR) is 356 cm³/mol. The maximum Gasteiger partial charge on any atom is 0.305 e. The maximum atomic E-state index is 12.5. The zero-order valence-corrected chi connectivity index (χ0v) is 55.0. The fourth-order valence-corrected chi connectivity index (χ4v) is 11.9. The van der Waals surface area contributed by atoms with E-state index < -0.39 is 12.1 Å². The van der Waals surface area contributed by atoms with Crippen LogP contribution in [0, 0.1) is 0 Å². The first-order chi connectivity index (χ1) is 40.0. The lowest BCUT2D eigenvalue weighted by Gasteiger charge is -2.22. The molecule has 0 aliphatic heterocycles. The fraction of sp³-hybridized carbons (Fsp3) is 0.920. The fourth-order valence-electron chi connectivity index (χ4n) is 11.9. The molecule has 0 bridgehead atoms. The number of unbranched alkanes of at least 4 members (excludes halogenated alkanes) is 55. The monoisotopic (exact) mass is 1140 g/mol. The van der Waals surface area contributed by atoms with E-state index in [0.29, 0.717) is 25.9 Å². The van der Waals surface area contributed by atoms with Gasteiger partial charge in [0.1, 0.15) is 0 Å². The Bertz CT molecular complexity index is 1270. The minimum absolute atomic E-state index is 0.0169. The first-order valence-electron chi connectivity index (χ1n) is 37.1. The largest absolute Gasteiger partial charge is 0.466 e. The number of rotatable bonds is 70. The first-order valence-corrected chi connectivity index (χ1v) is 37.1. The van der Waals surface area contributed by atoms with Gasteiger partial charge in [-0.25, -0.2) is 0 Å². The summed E-state index contributed by atoms with van der Waals surface area (Å²) < 4.78 is 5.50. The Morgan fingerprint density at radius 2 is 0.617 bits per heavy atom. The minimum atomic E-state index is -0.664. The van der Waals surface area contributed by atoms with Gasteiger partial charge in [0.15, 0.2) is 0 Å². The molecule has 1 amide bonds. The van der Waals surface area contributed by atoms with Crippen molar-refractivity contribution in [2.24, 2.45) is 0 Å². The van der Waals surface area contributed by atoms with Crippen LogP contribution in [0.25, 0.3) is 0 Å². The molecule has 6 nitrogen and oxygen atoms in total. The van der Waals surface area contributed by atoms with E-state index >= 15 is 0 Å². The van der Waals surface area contributed by atoms with Gasteiger partial charge in [-0.05, 0) is 57.8 Å². The van der Waals surface area contributed by atoms with Crippen LogP contribution < -0.4 is 5.32 Å². The van der Waals surface area contributed by atoms with Crippen molar-refractivity contribution in [3.8, 4) is 0 Å². The number of allylic oxidation sites excluding steroid dienone is 4. The molecule has 480 valence electrons. The number of carbonyl (C=O) groups is 2. The summed E-state index contributed by atoms with van der Waals surface area (Å²) in [5.74, 6) is -0.0133. The highest BCUT2D eigenvalue weighted by Gasteiger charge is 2.20. The molecule has 0 aromatic rings. The van der Waals surface area contributed by atoms with Gasteiger partial charge in [0, 0.05) is 12.8 Å². The van der Waals surface area contributed by atoms with Crippen molar-refractivity contribution in [1.29, 1.82) is 0 Å². The van der Waals surface area contributed by atoms with E-state index in [-0.39, 0.29) is 18.5 Å². The van der Waals surface area contributed by atoms with E-state index in [1.807, 2.05) is 0 Å². The Morgan fingerprint density at radius 3 is 0.938 bits per heavy atom. The van der Waals surface area contributed by atoms with E-state index in [1.165, 1.54) is 340 Å². The number of hydrogen-bond donors (Lipinski definition) is 3. The van der Waals surface area contributed by atoms with E-state index in [1.54, 1.807) is 0 Å². The van der Waals surface area contributed by atoms with E-state index in [0.717, 1.165) is 44.9 Å². The Hall–Kier alpha value is -1.66. The second-order valence-electron chi connectivity index (χ2n) is 25.6. The molecule has 0 saturated heterocycles. The second kappa shape index (κ2) is 70.8. The Balaban J connectivity index is 3.38. The van der Waals surface area contributed by atoms with Gasteiger partial charge in [0.05, 0.1) is 25.4 Å². The van der Waals surface area contributed by atoms with Gasteiger partial charge in [0.2, 0.25) is 5.91 Å². The highest BCUT2D eigenvalue weighted by molar-refractivity contribution is 5.76. The number of esters is 1. The standard InChI is InChI=1S/C75H145NO5/c1-3-5-7-9-11-13-15-17-19-20-36-40-43-47-51-55-59-63-67-73(78)72(71-77)76-74(79)68-64-60-56-52-48-44-41-37-34-32-30-28-26-24-22-21-23-25-27-29-31-33-35-38-42-46-50-54-58-62-66-70-81-75(80)69-65-61-57-53-49-45-39-18-16-14-12-10-8-6-4-2/h23,25,29,31,72-73,77-78H,3-22,24,26-28,30,32-71H2,1-2H3,(H,76,79)/b25-23-,31-29-. The zero-order chi connectivity index (χ0) is 58.5. The average molecular weight is 1140 g/mol. The Labute approximate surface area is 507 Å². The highest BCUT2D eigenvalue weighted by Crippen LogP contribution is 2.19. The minimum Gasteiger partial charge on any atom is -0.466 e. The molecule has 0 aliphatic rings. The van der Waals surface area contributed by atoms with Crippen molar-refractivity contribution in [2.75, 3.05) is 13.2 Å². The molecule has 2 atom stereocenters. The number of nitrogens with one attached hydrogen (secondary N) is 1. The van der Waals surface area contributed by atoms with Crippen LogP contribution in [0.1, 0.15) is 418 Å². The third-order valence-electron chi connectivity index (χ3n) is 17.5. The molecule has 0 aromatic heterocycles. The number of carbonyl (C=O) groups excluding carboxylic acids is 2. The van der Waals surface area contributed by atoms with Gasteiger partial charge in [-0.2, -0.15) is 0 Å². The number of aliphatic hydroxyl groups is 2. The number of amides is 1. The number of ether oxygens (including phenoxy) is 1. The Morgan fingerprint density at radius 1 is 0.346 bits per heavy atom. The molecular weight excluding hydrogens is 995 g/mol. The van der Waals surface area contributed by atoms with E-state index in [2.05, 4.69) is 43.5 Å². The summed E-state index contributed by atoms with van der Waals surface area (Å²) in [6.07, 6.45) is 89.6. The molecule has 0 saturated carbocycles. The smallest absolute Gasteiger partial charge is 0.305 e. The molecule has 0 heterocycles. The first kappa shape index (κ1) is 79.3. The highest BCUT2D eigenvalue weighted by atomic mass is 16.5. The average Bonchev–Trinajstić information content (AvgIpc) is 3.47. The van der Waals surface area contributed by atoms with Crippen molar-refractivity contribution >= 4 is 11.9 Å². The van der Waals surface area contributed by atoms with Crippen LogP contribution in [0.3, 0.4) is 0 Å². The molecule has 81 heavy (non-hydrogen) atoms. The normalized spacial score (nSPS) is 12.6. The van der Waals surface area contributed by atoms with Crippen molar-refractivity contribution in [3.05, 3.63) is 24.3 Å². The summed E-state index contributed by atoms with van der Waals surface area (Å²) in [4.78, 5) is 24.6. The predicted octanol–water partition coefficient (Wildman–Crippen LogP) is 24.1.